The highest BCUT2D eigenvalue weighted by Gasteiger charge is 2.44. The molecule has 5 rings (SSSR count). The number of benzene rings is 3. The van der Waals surface area contributed by atoms with Crippen LogP contribution in [-0.2, 0) is 20.2 Å². The Balaban J connectivity index is 1.29. The van der Waals surface area contributed by atoms with E-state index in [4.69, 9.17) is 11.6 Å². The van der Waals surface area contributed by atoms with Gasteiger partial charge in [0.05, 0.1) is 4.90 Å². The second-order valence-corrected chi connectivity index (χ2v) is 13.4. The summed E-state index contributed by atoms with van der Waals surface area (Å²) in [4.78, 5) is 17.4. The summed E-state index contributed by atoms with van der Waals surface area (Å²) in [5.41, 5.74) is 3.26. The summed E-state index contributed by atoms with van der Waals surface area (Å²) < 4.78 is 28.0. The van der Waals surface area contributed by atoms with Crippen molar-refractivity contribution < 1.29 is 13.2 Å². The first-order valence-electron chi connectivity index (χ1n) is 13.5. The highest BCUT2D eigenvalue weighted by molar-refractivity contribution is 7.89. The Kier molecular flexibility index (Phi) is 8.15. The third-order valence-corrected chi connectivity index (χ3v) is 10.6. The van der Waals surface area contributed by atoms with Crippen molar-refractivity contribution in [3.05, 3.63) is 95.0 Å². The van der Waals surface area contributed by atoms with Crippen molar-refractivity contribution in [1.29, 1.82) is 0 Å². The van der Waals surface area contributed by atoms with Gasteiger partial charge in [-0.15, -0.1) is 0 Å². The monoisotopic (exact) mass is 565 g/mol. The Hall–Kier alpha value is -2.71. The number of piperidine rings is 1. The highest BCUT2D eigenvalue weighted by Crippen LogP contribution is 2.46. The Morgan fingerprint density at radius 1 is 0.974 bits per heavy atom. The van der Waals surface area contributed by atoms with Gasteiger partial charge in [0.15, 0.2) is 0 Å². The van der Waals surface area contributed by atoms with Crippen LogP contribution in [-0.4, -0.2) is 63.8 Å². The molecular weight excluding hydrogens is 530 g/mol. The summed E-state index contributed by atoms with van der Waals surface area (Å²) in [6.45, 7) is 3.03. The zero-order valence-corrected chi connectivity index (χ0v) is 24.2. The number of hydrogen-bond acceptors (Lipinski definition) is 4. The molecule has 0 saturated carbocycles. The van der Waals surface area contributed by atoms with E-state index in [0.29, 0.717) is 22.9 Å². The molecule has 0 N–H and O–H groups in total. The number of fused-ring (bicyclic) bond motifs is 2. The van der Waals surface area contributed by atoms with Crippen LogP contribution in [0, 0.1) is 0 Å². The van der Waals surface area contributed by atoms with Gasteiger partial charge in [-0.05, 0) is 86.3 Å². The molecule has 206 valence electrons. The van der Waals surface area contributed by atoms with Crippen molar-refractivity contribution >= 4 is 33.2 Å². The summed E-state index contributed by atoms with van der Waals surface area (Å²) in [6, 6.07) is 24.6. The van der Waals surface area contributed by atoms with Gasteiger partial charge in [-0.1, -0.05) is 60.1 Å². The zero-order chi connectivity index (χ0) is 27.6. The molecule has 6 nitrogen and oxygen atoms in total. The normalized spacial score (nSPS) is 18.4. The second-order valence-electron chi connectivity index (χ2n) is 10.9. The van der Waals surface area contributed by atoms with Crippen LogP contribution in [0.5, 0.6) is 0 Å². The quantitative estimate of drug-likeness (QED) is 0.360. The summed E-state index contributed by atoms with van der Waals surface area (Å²) in [6.07, 6.45) is 3.24. The minimum absolute atomic E-state index is 0.00583. The lowest BCUT2D eigenvalue weighted by Gasteiger charge is -2.47. The van der Waals surface area contributed by atoms with Crippen LogP contribution in [0.1, 0.15) is 42.7 Å². The number of likely N-dealkylation sites (N-methyl/N-ethyl adjacent to an activating group) is 1. The number of likely N-dealkylation sites (tertiary alicyclic amines) is 1. The average Bonchev–Trinajstić information content (AvgIpc) is 2.95. The molecule has 2 aliphatic heterocycles. The molecule has 1 amide bonds. The topological polar surface area (TPSA) is 60.9 Å². The SMILES string of the molecule is CN1C(=O)CC2(CCN(CC[C@H](CN(C)S(=O)(=O)c3ccccc3)c3cccc(Cl)c3)CC2)c2ccccc21. The number of amides is 1. The standard InChI is InChI=1S/C31H36ClN3O3S/c1-33(39(37,38)27-11-4-3-5-12-27)23-25(24-9-8-10-26(32)21-24)15-18-35-19-16-31(17-20-35)22-30(36)34(2)29-14-7-6-13-28(29)31/h3-14,21,25H,15-20,22-23H2,1-2H3/t25-/m1/s1. The lowest BCUT2D eigenvalue weighted by atomic mass is 9.67. The van der Waals surface area contributed by atoms with Crippen LogP contribution in [0.15, 0.2) is 83.8 Å². The summed E-state index contributed by atoms with van der Waals surface area (Å²) >= 11 is 6.33. The number of rotatable bonds is 8. The third kappa shape index (κ3) is 5.78. The smallest absolute Gasteiger partial charge is 0.242 e. The molecule has 0 radical (unpaired) electrons. The number of halogens is 1. The molecule has 3 aromatic carbocycles. The molecule has 2 heterocycles. The van der Waals surface area contributed by atoms with Gasteiger partial charge in [-0.3, -0.25) is 4.79 Å². The fraction of sp³-hybridized carbons (Fsp3) is 0.387. The van der Waals surface area contributed by atoms with Gasteiger partial charge in [-0.2, -0.15) is 0 Å². The average molecular weight is 566 g/mol. The van der Waals surface area contributed by atoms with Crippen LogP contribution in [0.25, 0.3) is 0 Å². The number of carbonyl (C=O) groups is 1. The molecule has 1 spiro atoms. The molecule has 0 bridgehead atoms. The van der Waals surface area contributed by atoms with Crippen molar-refractivity contribution in [3.8, 4) is 0 Å². The molecule has 1 atom stereocenters. The van der Waals surface area contributed by atoms with E-state index < -0.39 is 10.0 Å². The van der Waals surface area contributed by atoms with Crippen LogP contribution in [0.3, 0.4) is 0 Å². The van der Waals surface area contributed by atoms with E-state index in [9.17, 15) is 13.2 Å². The summed E-state index contributed by atoms with van der Waals surface area (Å²) in [7, 11) is -0.0803. The van der Waals surface area contributed by atoms with E-state index in [2.05, 4.69) is 23.1 Å². The van der Waals surface area contributed by atoms with Crippen LogP contribution < -0.4 is 4.90 Å². The fourth-order valence-corrected chi connectivity index (χ4v) is 7.58. The number of hydrogen-bond donors (Lipinski definition) is 0. The lowest BCUT2D eigenvalue weighted by molar-refractivity contribution is -0.120. The maximum absolute atomic E-state index is 13.3. The number of sulfonamides is 1. The van der Waals surface area contributed by atoms with Gasteiger partial charge in [0, 0.05) is 43.2 Å². The maximum atomic E-state index is 13.3. The molecule has 0 unspecified atom stereocenters. The Labute approximate surface area is 237 Å². The number of nitrogens with zero attached hydrogens (tertiary/aromatic N) is 3. The van der Waals surface area contributed by atoms with Crippen molar-refractivity contribution in [3.63, 3.8) is 0 Å². The van der Waals surface area contributed by atoms with Crippen LogP contribution in [0.4, 0.5) is 5.69 Å². The van der Waals surface area contributed by atoms with E-state index in [1.54, 1.807) is 36.2 Å². The van der Waals surface area contributed by atoms with E-state index in [1.807, 2.05) is 43.4 Å². The lowest BCUT2D eigenvalue weighted by Crippen LogP contribution is -2.49. The molecule has 1 fully saturated rings. The van der Waals surface area contributed by atoms with E-state index in [0.717, 1.165) is 50.1 Å². The summed E-state index contributed by atoms with van der Waals surface area (Å²) in [5.74, 6) is 0.180. The number of anilines is 1. The molecule has 0 aromatic heterocycles. The predicted molar refractivity (Wildman–Crippen MR) is 157 cm³/mol. The molecule has 8 heteroatoms. The first kappa shape index (κ1) is 27.8. The maximum Gasteiger partial charge on any atom is 0.242 e. The Bertz CT molecular complexity index is 1420. The van der Waals surface area contributed by atoms with Crippen molar-refractivity contribution in [2.45, 2.75) is 41.9 Å². The zero-order valence-electron chi connectivity index (χ0n) is 22.6. The van der Waals surface area contributed by atoms with Gasteiger partial charge >= 0.3 is 0 Å². The van der Waals surface area contributed by atoms with Crippen molar-refractivity contribution in [1.82, 2.24) is 9.21 Å². The summed E-state index contributed by atoms with van der Waals surface area (Å²) in [5, 5.41) is 0.650. The fourth-order valence-electron chi connectivity index (χ4n) is 6.15. The largest absolute Gasteiger partial charge is 0.315 e. The Morgan fingerprint density at radius 3 is 2.38 bits per heavy atom. The molecule has 39 heavy (non-hydrogen) atoms. The second kappa shape index (κ2) is 11.4. The van der Waals surface area contributed by atoms with E-state index >= 15 is 0 Å². The number of para-hydroxylation sites is 1. The predicted octanol–water partition coefficient (Wildman–Crippen LogP) is 5.53. The molecule has 0 aliphatic carbocycles. The minimum Gasteiger partial charge on any atom is -0.315 e. The molecule has 2 aliphatic rings. The van der Waals surface area contributed by atoms with Crippen LogP contribution in [0.2, 0.25) is 5.02 Å². The van der Waals surface area contributed by atoms with E-state index in [-0.39, 0.29) is 17.2 Å². The van der Waals surface area contributed by atoms with Gasteiger partial charge in [0.25, 0.3) is 0 Å². The third-order valence-electron chi connectivity index (χ3n) is 8.56. The molecular formula is C31H36ClN3O3S. The molecule has 1 saturated heterocycles. The van der Waals surface area contributed by atoms with Gasteiger partial charge in [0.2, 0.25) is 15.9 Å². The van der Waals surface area contributed by atoms with Crippen LogP contribution >= 0.6 is 11.6 Å². The first-order chi connectivity index (χ1) is 18.7. The van der Waals surface area contributed by atoms with Crippen molar-refractivity contribution in [2.24, 2.45) is 0 Å². The first-order valence-corrected chi connectivity index (χ1v) is 15.4. The van der Waals surface area contributed by atoms with E-state index in [1.165, 1.54) is 9.87 Å². The highest BCUT2D eigenvalue weighted by atomic mass is 35.5. The Morgan fingerprint density at radius 2 is 1.67 bits per heavy atom. The van der Waals surface area contributed by atoms with Gasteiger partial charge in [0.1, 0.15) is 0 Å². The van der Waals surface area contributed by atoms with Gasteiger partial charge in [-0.25, -0.2) is 12.7 Å². The minimum atomic E-state index is -3.60. The van der Waals surface area contributed by atoms with Gasteiger partial charge < -0.3 is 9.80 Å². The number of carbonyl (C=O) groups excluding carboxylic acids is 1. The van der Waals surface area contributed by atoms with Crippen molar-refractivity contribution in [2.75, 3.05) is 45.2 Å². The molecule has 3 aromatic rings.